The number of nitrogens with zero attached hydrogens (tertiary/aromatic N) is 1. The normalized spacial score (nSPS) is 26.5. The van der Waals surface area contributed by atoms with Crippen LogP contribution in [0.4, 0.5) is 0 Å². The highest BCUT2D eigenvalue weighted by atomic mass is 32.2. The lowest BCUT2D eigenvalue weighted by molar-refractivity contribution is 0.447. The molecule has 2 unspecified atom stereocenters. The maximum Gasteiger partial charge on any atom is 0.254 e. The Kier molecular flexibility index (Phi) is 3.25. The molecule has 1 aliphatic heterocycles. The number of H-pyrrole nitrogens is 1. The molecule has 0 saturated carbocycles. The van der Waals surface area contributed by atoms with Crippen molar-refractivity contribution in [1.82, 2.24) is 9.97 Å². The molecule has 15 heavy (non-hydrogen) atoms. The van der Waals surface area contributed by atoms with Gasteiger partial charge in [0.05, 0.1) is 11.3 Å². The highest BCUT2D eigenvalue weighted by Gasteiger charge is 2.26. The zero-order chi connectivity index (χ0) is 10.8. The standard InChI is InChI=1S/C9H12N2O2S2/c1-5-8(15-3-2-14-5)9-10-6(12)4-7(13)11-9/h4-5,8H,2-3H2,1H3,(H2,10,11,12,13). The second-order valence-corrected chi connectivity index (χ2v) is 6.09. The van der Waals surface area contributed by atoms with Crippen LogP contribution < -0.4 is 5.56 Å². The van der Waals surface area contributed by atoms with E-state index in [1.54, 1.807) is 11.8 Å². The predicted octanol–water partition coefficient (Wildman–Crippen LogP) is 1.39. The summed E-state index contributed by atoms with van der Waals surface area (Å²) in [5.41, 5.74) is -0.291. The molecule has 0 aliphatic carbocycles. The van der Waals surface area contributed by atoms with E-state index in [-0.39, 0.29) is 16.7 Å². The number of nitrogens with one attached hydrogen (secondary N) is 1. The van der Waals surface area contributed by atoms with Gasteiger partial charge in [-0.05, 0) is 0 Å². The highest BCUT2D eigenvalue weighted by molar-refractivity contribution is 8.06. The van der Waals surface area contributed by atoms with Crippen molar-refractivity contribution in [2.75, 3.05) is 11.5 Å². The summed E-state index contributed by atoms with van der Waals surface area (Å²) in [5.74, 6) is 2.58. The van der Waals surface area contributed by atoms with Crippen LogP contribution in [0.3, 0.4) is 0 Å². The van der Waals surface area contributed by atoms with Crippen molar-refractivity contribution in [3.05, 3.63) is 22.2 Å². The average Bonchev–Trinajstić information content (AvgIpc) is 2.16. The molecule has 1 aromatic rings. The first-order chi connectivity index (χ1) is 7.16. The summed E-state index contributed by atoms with van der Waals surface area (Å²) in [6.45, 7) is 2.12. The summed E-state index contributed by atoms with van der Waals surface area (Å²) in [7, 11) is 0. The first kappa shape index (κ1) is 10.9. The van der Waals surface area contributed by atoms with Crippen molar-refractivity contribution < 1.29 is 5.11 Å². The van der Waals surface area contributed by atoms with E-state index in [0.717, 1.165) is 17.6 Å². The number of aromatic nitrogens is 2. The smallest absolute Gasteiger partial charge is 0.254 e. The Morgan fingerprint density at radius 2 is 2.27 bits per heavy atom. The number of hydrogen-bond acceptors (Lipinski definition) is 5. The van der Waals surface area contributed by atoms with Crippen LogP contribution in [0.2, 0.25) is 0 Å². The molecule has 0 radical (unpaired) electrons. The molecule has 0 amide bonds. The monoisotopic (exact) mass is 244 g/mol. The van der Waals surface area contributed by atoms with E-state index >= 15 is 0 Å². The molecule has 1 saturated heterocycles. The van der Waals surface area contributed by atoms with E-state index in [0.29, 0.717) is 11.1 Å². The second kappa shape index (κ2) is 4.49. The van der Waals surface area contributed by atoms with Crippen LogP contribution in [0.1, 0.15) is 18.0 Å². The summed E-state index contributed by atoms with van der Waals surface area (Å²) in [6, 6.07) is 1.09. The molecule has 4 nitrogen and oxygen atoms in total. The van der Waals surface area contributed by atoms with Crippen molar-refractivity contribution in [1.29, 1.82) is 0 Å². The van der Waals surface area contributed by atoms with Gasteiger partial charge in [0.2, 0.25) is 5.88 Å². The second-order valence-electron chi connectivity index (χ2n) is 3.36. The van der Waals surface area contributed by atoms with Gasteiger partial charge in [0, 0.05) is 16.8 Å². The first-order valence-corrected chi connectivity index (χ1v) is 6.80. The molecule has 0 spiro atoms. The van der Waals surface area contributed by atoms with Gasteiger partial charge in [-0.1, -0.05) is 6.92 Å². The minimum atomic E-state index is -0.291. The number of thioether (sulfide) groups is 2. The largest absolute Gasteiger partial charge is 0.493 e. The fraction of sp³-hybridized carbons (Fsp3) is 0.556. The van der Waals surface area contributed by atoms with Crippen LogP contribution in [0.5, 0.6) is 5.88 Å². The van der Waals surface area contributed by atoms with Crippen molar-refractivity contribution in [3.63, 3.8) is 0 Å². The fourth-order valence-corrected chi connectivity index (χ4v) is 4.24. The van der Waals surface area contributed by atoms with E-state index in [1.165, 1.54) is 0 Å². The van der Waals surface area contributed by atoms with Gasteiger partial charge >= 0.3 is 0 Å². The van der Waals surface area contributed by atoms with Crippen molar-refractivity contribution >= 4 is 23.5 Å². The summed E-state index contributed by atoms with van der Waals surface area (Å²) < 4.78 is 0. The van der Waals surface area contributed by atoms with Crippen LogP contribution >= 0.6 is 23.5 Å². The quantitative estimate of drug-likeness (QED) is 0.781. The summed E-state index contributed by atoms with van der Waals surface area (Å²) in [6.07, 6.45) is 0. The van der Waals surface area contributed by atoms with E-state index in [4.69, 9.17) is 0 Å². The number of aromatic amines is 1. The van der Waals surface area contributed by atoms with E-state index in [1.807, 2.05) is 11.8 Å². The highest BCUT2D eigenvalue weighted by Crippen LogP contribution is 2.40. The van der Waals surface area contributed by atoms with Gasteiger partial charge in [-0.2, -0.15) is 16.7 Å². The average molecular weight is 244 g/mol. The molecule has 1 aliphatic rings. The van der Waals surface area contributed by atoms with Crippen molar-refractivity contribution in [3.8, 4) is 5.88 Å². The van der Waals surface area contributed by atoms with E-state index in [9.17, 15) is 9.90 Å². The lowest BCUT2D eigenvalue weighted by Gasteiger charge is -2.26. The Bertz CT molecular complexity index is 407. The molecule has 0 aromatic carbocycles. The third-order valence-electron chi connectivity index (χ3n) is 2.20. The van der Waals surface area contributed by atoms with Crippen LogP contribution in [0.15, 0.2) is 10.9 Å². The lowest BCUT2D eigenvalue weighted by atomic mass is 10.3. The molecule has 2 heterocycles. The van der Waals surface area contributed by atoms with E-state index < -0.39 is 0 Å². The number of rotatable bonds is 1. The topological polar surface area (TPSA) is 66.0 Å². The SMILES string of the molecule is CC1SCCSC1c1nc(O)cc(=O)[nH]1. The molecule has 2 rings (SSSR count). The Labute approximate surface area is 95.9 Å². The van der Waals surface area contributed by atoms with E-state index in [2.05, 4.69) is 16.9 Å². The minimum absolute atomic E-state index is 0.170. The summed E-state index contributed by atoms with van der Waals surface area (Å²) >= 11 is 3.65. The van der Waals surface area contributed by atoms with Crippen molar-refractivity contribution in [2.45, 2.75) is 17.4 Å². The van der Waals surface area contributed by atoms with Crippen molar-refractivity contribution in [2.24, 2.45) is 0 Å². The van der Waals surface area contributed by atoms with Gasteiger partial charge in [0.25, 0.3) is 5.56 Å². The molecule has 0 bridgehead atoms. The number of hydrogen-bond donors (Lipinski definition) is 2. The van der Waals surface area contributed by atoms with Gasteiger partial charge in [0.1, 0.15) is 5.82 Å². The zero-order valence-electron chi connectivity index (χ0n) is 8.27. The van der Waals surface area contributed by atoms with Crippen LogP contribution in [-0.4, -0.2) is 31.8 Å². The van der Waals surface area contributed by atoms with Crippen LogP contribution in [0.25, 0.3) is 0 Å². The van der Waals surface area contributed by atoms with Gasteiger partial charge in [-0.15, -0.1) is 11.8 Å². The van der Waals surface area contributed by atoms with Gasteiger partial charge < -0.3 is 10.1 Å². The molecule has 1 aromatic heterocycles. The zero-order valence-corrected chi connectivity index (χ0v) is 9.90. The Morgan fingerprint density at radius 1 is 1.53 bits per heavy atom. The molecule has 6 heteroatoms. The number of aromatic hydroxyl groups is 1. The lowest BCUT2D eigenvalue weighted by Crippen LogP contribution is -2.21. The third kappa shape index (κ3) is 2.49. The summed E-state index contributed by atoms with van der Waals surface area (Å²) in [5, 5.41) is 9.84. The fourth-order valence-electron chi connectivity index (χ4n) is 1.53. The molecule has 1 fully saturated rings. The third-order valence-corrected chi connectivity index (χ3v) is 5.30. The molecule has 82 valence electrons. The Morgan fingerprint density at radius 3 is 2.93 bits per heavy atom. The van der Waals surface area contributed by atoms with Gasteiger partial charge in [-0.3, -0.25) is 4.79 Å². The van der Waals surface area contributed by atoms with Gasteiger partial charge in [0.15, 0.2) is 0 Å². The van der Waals surface area contributed by atoms with Gasteiger partial charge in [-0.25, -0.2) is 0 Å². The Hall–Kier alpha value is -0.620. The summed E-state index contributed by atoms with van der Waals surface area (Å²) in [4.78, 5) is 17.9. The maximum absolute atomic E-state index is 11.2. The minimum Gasteiger partial charge on any atom is -0.493 e. The maximum atomic E-state index is 11.2. The van der Waals surface area contributed by atoms with Crippen LogP contribution in [-0.2, 0) is 0 Å². The first-order valence-electron chi connectivity index (χ1n) is 4.70. The Balaban J connectivity index is 2.31. The molecular formula is C9H12N2O2S2. The molecule has 2 atom stereocenters. The molecule has 2 N–H and O–H groups in total. The molecular weight excluding hydrogens is 232 g/mol. The predicted molar refractivity (Wildman–Crippen MR) is 63.6 cm³/mol. The van der Waals surface area contributed by atoms with Crippen LogP contribution in [0, 0.1) is 0 Å².